The summed E-state index contributed by atoms with van der Waals surface area (Å²) in [5.74, 6) is 0. The van der Waals surface area contributed by atoms with E-state index in [-0.39, 0.29) is 16.6 Å². The molecular formula is C21H24ClN5OS. The number of para-hydroxylation sites is 1. The summed E-state index contributed by atoms with van der Waals surface area (Å²) in [5, 5.41) is 9.95. The average molecular weight is 430 g/mol. The maximum atomic E-state index is 12.7. The minimum absolute atomic E-state index is 0.159. The number of hydrogen-bond donors (Lipinski definition) is 1. The summed E-state index contributed by atoms with van der Waals surface area (Å²) in [7, 11) is 2.16. The molecule has 0 amide bonds. The molecule has 0 aliphatic carbocycles. The van der Waals surface area contributed by atoms with Gasteiger partial charge in [-0.15, -0.1) is 11.3 Å². The van der Waals surface area contributed by atoms with E-state index in [1.165, 1.54) is 9.56 Å². The van der Waals surface area contributed by atoms with Gasteiger partial charge in [0, 0.05) is 37.6 Å². The second-order valence-corrected chi connectivity index (χ2v) is 8.53. The number of nitrogens with one attached hydrogen (secondary N) is 1. The third-order valence-electron chi connectivity index (χ3n) is 5.26. The Hall–Kier alpha value is -2.19. The fraction of sp³-hybridized carbons (Fsp3) is 0.333. The van der Waals surface area contributed by atoms with Crippen LogP contribution in [0, 0.1) is 0 Å². The maximum absolute atomic E-state index is 12.7. The van der Waals surface area contributed by atoms with E-state index in [1.807, 2.05) is 30.3 Å². The fourth-order valence-electron chi connectivity index (χ4n) is 3.54. The lowest BCUT2D eigenvalue weighted by Crippen LogP contribution is -2.47. The molecule has 3 aromatic rings. The number of aromatic nitrogens is 2. The molecule has 1 fully saturated rings. The summed E-state index contributed by atoms with van der Waals surface area (Å²) >= 11 is 8.17. The van der Waals surface area contributed by atoms with Gasteiger partial charge in [-0.05, 0) is 30.6 Å². The Bertz CT molecular complexity index is 984. The van der Waals surface area contributed by atoms with Crippen molar-refractivity contribution in [3.05, 3.63) is 74.3 Å². The molecule has 0 radical (unpaired) electrons. The van der Waals surface area contributed by atoms with Crippen molar-refractivity contribution in [2.45, 2.75) is 6.04 Å². The Kier molecular flexibility index (Phi) is 6.30. The second kappa shape index (κ2) is 9.09. The van der Waals surface area contributed by atoms with Gasteiger partial charge in [0.15, 0.2) is 0 Å². The number of hydrogen-bond acceptors (Lipinski definition) is 6. The van der Waals surface area contributed by atoms with Crippen LogP contribution in [0.4, 0.5) is 5.69 Å². The number of nitrogens with zero attached hydrogens (tertiary/aromatic N) is 4. The maximum Gasteiger partial charge on any atom is 0.292 e. The molecule has 1 atom stereocenters. The van der Waals surface area contributed by atoms with Crippen molar-refractivity contribution in [3.63, 3.8) is 0 Å². The van der Waals surface area contributed by atoms with E-state index in [0.29, 0.717) is 17.9 Å². The molecule has 1 aromatic carbocycles. The van der Waals surface area contributed by atoms with Gasteiger partial charge in [0.1, 0.15) is 5.02 Å². The molecule has 29 heavy (non-hydrogen) atoms. The highest BCUT2D eigenvalue weighted by atomic mass is 35.5. The first-order valence-electron chi connectivity index (χ1n) is 9.66. The standard InChI is InChI=1S/C21H24ClN5OS/c1-25-9-11-26(12-10-25)18(19-8-5-13-29-19)15-23-17-14-24-27(21(28)20(17)22)16-6-3-2-4-7-16/h2-8,13-14,18,23H,9-12,15H2,1H3. The SMILES string of the molecule is CN1CCN(C(CNc2cnn(-c3ccccc3)c(=O)c2Cl)c2cccs2)CC1. The summed E-state index contributed by atoms with van der Waals surface area (Å²) in [4.78, 5) is 18.9. The highest BCUT2D eigenvalue weighted by molar-refractivity contribution is 7.10. The Labute approximate surface area is 179 Å². The monoisotopic (exact) mass is 429 g/mol. The van der Waals surface area contributed by atoms with Crippen molar-refractivity contribution >= 4 is 28.6 Å². The summed E-state index contributed by atoms with van der Waals surface area (Å²) in [6.45, 7) is 4.81. The van der Waals surface area contributed by atoms with E-state index in [9.17, 15) is 4.79 Å². The van der Waals surface area contributed by atoms with Crippen LogP contribution in [0.1, 0.15) is 10.9 Å². The number of halogens is 1. The largest absolute Gasteiger partial charge is 0.380 e. The minimum Gasteiger partial charge on any atom is -0.380 e. The van der Waals surface area contributed by atoms with Gasteiger partial charge >= 0.3 is 0 Å². The smallest absolute Gasteiger partial charge is 0.292 e. The van der Waals surface area contributed by atoms with E-state index >= 15 is 0 Å². The first-order valence-corrected chi connectivity index (χ1v) is 10.9. The van der Waals surface area contributed by atoms with Gasteiger partial charge in [-0.3, -0.25) is 9.69 Å². The number of anilines is 1. The molecule has 1 N–H and O–H groups in total. The van der Waals surface area contributed by atoms with Crippen molar-refractivity contribution in [1.29, 1.82) is 0 Å². The fourth-order valence-corrected chi connectivity index (χ4v) is 4.60. The van der Waals surface area contributed by atoms with E-state index in [0.717, 1.165) is 26.2 Å². The Morgan fingerprint density at radius 1 is 1.14 bits per heavy atom. The van der Waals surface area contributed by atoms with Crippen LogP contribution in [0.15, 0.2) is 58.8 Å². The Morgan fingerprint density at radius 2 is 1.90 bits per heavy atom. The van der Waals surface area contributed by atoms with Crippen LogP contribution < -0.4 is 10.9 Å². The molecule has 1 aliphatic rings. The van der Waals surface area contributed by atoms with Gasteiger partial charge in [0.25, 0.3) is 5.56 Å². The third kappa shape index (κ3) is 4.53. The highest BCUT2D eigenvalue weighted by Gasteiger charge is 2.25. The first kappa shape index (κ1) is 20.1. The van der Waals surface area contributed by atoms with E-state index in [1.54, 1.807) is 17.5 Å². The number of likely N-dealkylation sites (N-methyl/N-ethyl adjacent to an activating group) is 1. The van der Waals surface area contributed by atoms with Crippen LogP contribution in [0.5, 0.6) is 0 Å². The molecule has 1 unspecified atom stereocenters. The Morgan fingerprint density at radius 3 is 2.59 bits per heavy atom. The van der Waals surface area contributed by atoms with Crippen molar-refractivity contribution in [2.75, 3.05) is 45.1 Å². The second-order valence-electron chi connectivity index (χ2n) is 7.18. The van der Waals surface area contributed by atoms with Gasteiger partial charge in [0.2, 0.25) is 0 Å². The van der Waals surface area contributed by atoms with Crippen LogP contribution in [-0.2, 0) is 0 Å². The lowest BCUT2D eigenvalue weighted by atomic mass is 10.1. The van der Waals surface area contributed by atoms with Gasteiger partial charge in [-0.25, -0.2) is 0 Å². The predicted octanol–water partition coefficient (Wildman–Crippen LogP) is 3.35. The molecular weight excluding hydrogens is 406 g/mol. The molecule has 0 spiro atoms. The van der Waals surface area contributed by atoms with Gasteiger partial charge in [-0.2, -0.15) is 9.78 Å². The van der Waals surface area contributed by atoms with Crippen molar-refractivity contribution in [2.24, 2.45) is 0 Å². The van der Waals surface area contributed by atoms with E-state index in [2.05, 4.69) is 44.8 Å². The van der Waals surface area contributed by atoms with E-state index in [4.69, 9.17) is 11.6 Å². The van der Waals surface area contributed by atoms with Crippen LogP contribution in [0.25, 0.3) is 5.69 Å². The molecule has 2 aromatic heterocycles. The number of thiophene rings is 1. The molecule has 0 bridgehead atoms. The van der Waals surface area contributed by atoms with E-state index < -0.39 is 0 Å². The van der Waals surface area contributed by atoms with Crippen molar-refractivity contribution in [3.8, 4) is 5.69 Å². The lowest BCUT2D eigenvalue weighted by molar-refractivity contribution is 0.118. The van der Waals surface area contributed by atoms with Crippen LogP contribution in [-0.4, -0.2) is 59.4 Å². The first-order chi connectivity index (χ1) is 14.1. The summed E-state index contributed by atoms with van der Waals surface area (Å²) < 4.78 is 1.32. The average Bonchev–Trinajstić information content (AvgIpc) is 3.28. The number of piperazine rings is 1. The molecule has 1 aliphatic heterocycles. The summed E-state index contributed by atoms with van der Waals surface area (Å²) in [6, 6.07) is 13.8. The van der Waals surface area contributed by atoms with Gasteiger partial charge < -0.3 is 10.2 Å². The van der Waals surface area contributed by atoms with Gasteiger partial charge in [0.05, 0.1) is 23.6 Å². The lowest BCUT2D eigenvalue weighted by Gasteiger charge is -2.37. The van der Waals surface area contributed by atoms with Crippen LogP contribution in [0.3, 0.4) is 0 Å². The molecule has 3 heterocycles. The quantitative estimate of drug-likeness (QED) is 0.651. The topological polar surface area (TPSA) is 53.4 Å². The number of benzene rings is 1. The normalized spacial score (nSPS) is 16.6. The van der Waals surface area contributed by atoms with Crippen LogP contribution >= 0.6 is 22.9 Å². The molecule has 6 nitrogen and oxygen atoms in total. The molecule has 4 rings (SSSR count). The zero-order valence-electron chi connectivity index (χ0n) is 16.3. The molecule has 8 heteroatoms. The molecule has 1 saturated heterocycles. The highest BCUT2D eigenvalue weighted by Crippen LogP contribution is 2.27. The molecule has 0 saturated carbocycles. The zero-order chi connectivity index (χ0) is 20.2. The Balaban J connectivity index is 1.53. The van der Waals surface area contributed by atoms with Crippen LogP contribution in [0.2, 0.25) is 5.02 Å². The summed E-state index contributed by atoms with van der Waals surface area (Å²) in [6.07, 6.45) is 1.63. The number of rotatable bonds is 6. The predicted molar refractivity (Wildman–Crippen MR) is 119 cm³/mol. The van der Waals surface area contributed by atoms with Crippen molar-refractivity contribution in [1.82, 2.24) is 19.6 Å². The third-order valence-corrected chi connectivity index (χ3v) is 6.59. The van der Waals surface area contributed by atoms with Gasteiger partial charge in [-0.1, -0.05) is 35.9 Å². The van der Waals surface area contributed by atoms with Crippen molar-refractivity contribution < 1.29 is 0 Å². The zero-order valence-corrected chi connectivity index (χ0v) is 17.9. The minimum atomic E-state index is -0.324. The molecule has 152 valence electrons. The summed E-state index contributed by atoms with van der Waals surface area (Å²) in [5.41, 5.74) is 0.939.